The number of rotatable bonds is 0. The topological polar surface area (TPSA) is 0 Å². The van der Waals surface area contributed by atoms with Crippen molar-refractivity contribution in [3.8, 4) is 0 Å². The second-order valence-corrected chi connectivity index (χ2v) is 2.90. The van der Waals surface area contributed by atoms with Crippen LogP contribution in [0.5, 0.6) is 0 Å². The van der Waals surface area contributed by atoms with Gasteiger partial charge < -0.3 is 12.6 Å². The van der Waals surface area contributed by atoms with Crippen molar-refractivity contribution in [2.75, 3.05) is 11.5 Å². The van der Waals surface area contributed by atoms with E-state index in [-0.39, 0.29) is 19.5 Å². The van der Waals surface area contributed by atoms with E-state index in [9.17, 15) is 0 Å². The first-order chi connectivity index (χ1) is 2.39. The summed E-state index contributed by atoms with van der Waals surface area (Å²) in [6.45, 7) is 0. The van der Waals surface area contributed by atoms with Crippen molar-refractivity contribution in [1.82, 2.24) is 0 Å². The van der Waals surface area contributed by atoms with E-state index in [1.807, 2.05) is 11.8 Å². The zero-order valence-corrected chi connectivity index (χ0v) is 8.12. The Morgan fingerprint density at radius 1 is 1.50 bits per heavy atom. The van der Waals surface area contributed by atoms with Gasteiger partial charge in [-0.2, -0.15) is 11.8 Å². The maximum absolute atomic E-state index is 4.85. The van der Waals surface area contributed by atoms with Crippen LogP contribution in [0.4, 0.5) is 0 Å². The Balaban J connectivity index is 0.000000250. The van der Waals surface area contributed by atoms with Crippen molar-refractivity contribution in [3.05, 3.63) is 0 Å². The second kappa shape index (κ2) is 3.34. The Kier molecular flexibility index (Phi) is 4.08. The van der Waals surface area contributed by atoms with Crippen molar-refractivity contribution >= 4 is 24.4 Å². The molecular formula is C3H5S2Zn-. The van der Waals surface area contributed by atoms with Crippen molar-refractivity contribution in [2.45, 2.75) is 5.25 Å². The molecule has 0 saturated carbocycles. The second-order valence-electron chi connectivity index (χ2n) is 1.16. The minimum Gasteiger partial charge on any atom is -0.788 e. The fraction of sp³-hybridized carbons (Fsp3) is 1.00. The van der Waals surface area contributed by atoms with Gasteiger partial charge in [-0.1, -0.05) is 0 Å². The number of hydrogen-bond acceptors (Lipinski definition) is 2. The molecular weight excluding hydrogens is 166 g/mol. The zero-order valence-electron chi connectivity index (χ0n) is 3.52. The Bertz CT molecular complexity index is 35.8. The summed E-state index contributed by atoms with van der Waals surface area (Å²) in [6, 6.07) is 0. The van der Waals surface area contributed by atoms with Crippen LogP contribution in [0.25, 0.3) is 0 Å². The molecule has 1 rings (SSSR count). The fourth-order valence-electron chi connectivity index (χ4n) is 0.214. The van der Waals surface area contributed by atoms with Crippen LogP contribution in [0.2, 0.25) is 0 Å². The van der Waals surface area contributed by atoms with E-state index >= 15 is 0 Å². The number of thioether (sulfide) groups is 1. The molecule has 3 heteroatoms. The Hall–Kier alpha value is 1.32. The van der Waals surface area contributed by atoms with E-state index < -0.39 is 0 Å². The van der Waals surface area contributed by atoms with Crippen molar-refractivity contribution in [2.24, 2.45) is 0 Å². The Morgan fingerprint density at radius 3 is 1.83 bits per heavy atom. The summed E-state index contributed by atoms with van der Waals surface area (Å²) < 4.78 is 0. The van der Waals surface area contributed by atoms with E-state index in [1.54, 1.807) is 0 Å². The minimum absolute atomic E-state index is 0. The summed E-state index contributed by atoms with van der Waals surface area (Å²) in [5, 5.41) is 0.611. The molecule has 0 aliphatic carbocycles. The van der Waals surface area contributed by atoms with Crippen molar-refractivity contribution in [1.29, 1.82) is 0 Å². The molecule has 0 aromatic heterocycles. The quantitative estimate of drug-likeness (QED) is 0.387. The molecule has 0 unspecified atom stereocenters. The first kappa shape index (κ1) is 7.32. The summed E-state index contributed by atoms with van der Waals surface area (Å²) in [5.41, 5.74) is 0. The van der Waals surface area contributed by atoms with Gasteiger partial charge in [-0.15, -0.1) is 5.25 Å². The molecule has 1 aliphatic heterocycles. The molecule has 1 heterocycles. The third kappa shape index (κ3) is 1.86. The molecule has 1 saturated heterocycles. The maximum atomic E-state index is 4.85. The third-order valence-electron chi connectivity index (χ3n) is 0.607. The molecule has 0 bridgehead atoms. The summed E-state index contributed by atoms with van der Waals surface area (Å²) in [4.78, 5) is 0. The van der Waals surface area contributed by atoms with E-state index in [0.29, 0.717) is 5.25 Å². The van der Waals surface area contributed by atoms with Crippen molar-refractivity contribution in [3.63, 3.8) is 0 Å². The van der Waals surface area contributed by atoms with Crippen LogP contribution >= 0.6 is 11.8 Å². The van der Waals surface area contributed by atoms with Gasteiger partial charge in [0.2, 0.25) is 0 Å². The molecule has 0 spiro atoms. The van der Waals surface area contributed by atoms with Gasteiger partial charge in [-0.3, -0.25) is 0 Å². The molecule has 1 fully saturated rings. The fourth-order valence-corrected chi connectivity index (χ4v) is 1.22. The predicted molar refractivity (Wildman–Crippen MR) is 28.5 cm³/mol. The van der Waals surface area contributed by atoms with Crippen LogP contribution in [0.15, 0.2) is 0 Å². The van der Waals surface area contributed by atoms with Crippen molar-refractivity contribution < 1.29 is 19.5 Å². The third-order valence-corrected chi connectivity index (χ3v) is 2.64. The molecule has 0 N–H and O–H groups in total. The molecule has 0 atom stereocenters. The smallest absolute Gasteiger partial charge is 0 e. The predicted octanol–water partition coefficient (Wildman–Crippen LogP) is 0.646. The van der Waals surface area contributed by atoms with Gasteiger partial charge in [0.25, 0.3) is 0 Å². The van der Waals surface area contributed by atoms with E-state index in [0.717, 1.165) is 0 Å². The van der Waals surface area contributed by atoms with Crippen LogP contribution < -0.4 is 0 Å². The van der Waals surface area contributed by atoms with Crippen LogP contribution in [-0.2, 0) is 32.1 Å². The van der Waals surface area contributed by atoms with E-state index in [1.165, 1.54) is 11.5 Å². The first-order valence-electron chi connectivity index (χ1n) is 1.63. The van der Waals surface area contributed by atoms with Gasteiger partial charge in [-0.25, -0.2) is 0 Å². The van der Waals surface area contributed by atoms with Crippen LogP contribution in [-0.4, -0.2) is 16.8 Å². The normalized spacial score (nSPS) is 21.5. The molecule has 0 nitrogen and oxygen atoms in total. The van der Waals surface area contributed by atoms with Gasteiger partial charge in [-0.05, 0) is 11.5 Å². The monoisotopic (exact) mass is 169 g/mol. The Morgan fingerprint density at radius 2 is 1.83 bits per heavy atom. The zero-order chi connectivity index (χ0) is 3.70. The van der Waals surface area contributed by atoms with Gasteiger partial charge >= 0.3 is 0 Å². The largest absolute Gasteiger partial charge is 0.788 e. The average Bonchev–Trinajstić information content (AvgIpc) is 1.30. The molecule has 0 amide bonds. The minimum atomic E-state index is 0. The van der Waals surface area contributed by atoms with Gasteiger partial charge in [0, 0.05) is 19.5 Å². The molecule has 6 heavy (non-hydrogen) atoms. The standard InChI is InChI=1S/C3H6S2.Zn/c4-3-1-5-2-3;/h3-4H,1-2H2;/p-1. The molecule has 32 valence electrons. The maximum Gasteiger partial charge on any atom is 0 e. The van der Waals surface area contributed by atoms with Crippen LogP contribution in [0, 0.1) is 0 Å². The van der Waals surface area contributed by atoms with Crippen LogP contribution in [0.3, 0.4) is 0 Å². The average molecular weight is 171 g/mol. The molecule has 0 aromatic carbocycles. The van der Waals surface area contributed by atoms with E-state index in [4.69, 9.17) is 12.6 Å². The summed E-state index contributed by atoms with van der Waals surface area (Å²) >= 11 is 6.79. The van der Waals surface area contributed by atoms with Crippen LogP contribution in [0.1, 0.15) is 0 Å². The summed E-state index contributed by atoms with van der Waals surface area (Å²) in [7, 11) is 0. The molecule has 0 radical (unpaired) electrons. The first-order valence-corrected chi connectivity index (χ1v) is 3.26. The van der Waals surface area contributed by atoms with Gasteiger partial charge in [0.05, 0.1) is 0 Å². The van der Waals surface area contributed by atoms with E-state index in [2.05, 4.69) is 0 Å². The van der Waals surface area contributed by atoms with Gasteiger partial charge in [0.15, 0.2) is 0 Å². The number of hydrogen-bond donors (Lipinski definition) is 0. The SMILES string of the molecule is [S-]C1CSC1.[Zn]. The summed E-state index contributed by atoms with van der Waals surface area (Å²) in [5.74, 6) is 2.44. The summed E-state index contributed by atoms with van der Waals surface area (Å²) in [6.07, 6.45) is 0. The molecule has 0 aromatic rings. The Labute approximate surface area is 60.6 Å². The molecule has 1 aliphatic rings. The van der Waals surface area contributed by atoms with Gasteiger partial charge in [0.1, 0.15) is 0 Å².